The van der Waals surface area contributed by atoms with Gasteiger partial charge >= 0.3 is 0 Å². The van der Waals surface area contributed by atoms with Crippen LogP contribution in [0.1, 0.15) is 31.7 Å². The highest BCUT2D eigenvalue weighted by Gasteiger charge is 2.25. The molecule has 1 aliphatic carbocycles. The van der Waals surface area contributed by atoms with Gasteiger partial charge in [-0.2, -0.15) is 0 Å². The number of benzene rings is 1. The number of hydrogen-bond donors (Lipinski definition) is 0. The summed E-state index contributed by atoms with van der Waals surface area (Å²) in [5.41, 5.74) is 1.30. The Morgan fingerprint density at radius 2 is 2.26 bits per heavy atom. The van der Waals surface area contributed by atoms with Crippen molar-refractivity contribution in [2.45, 2.75) is 37.8 Å². The molecule has 2 atom stereocenters. The summed E-state index contributed by atoms with van der Waals surface area (Å²) in [4.78, 5) is 4.32. The number of hydrogen-bond acceptors (Lipinski definition) is 2. The Hall–Kier alpha value is -0.940. The van der Waals surface area contributed by atoms with Gasteiger partial charge in [0.1, 0.15) is 11.3 Å². The van der Waals surface area contributed by atoms with E-state index in [0.29, 0.717) is 11.0 Å². The number of halogens is 2. The van der Waals surface area contributed by atoms with E-state index in [1.807, 2.05) is 10.6 Å². The highest BCUT2D eigenvalue weighted by atomic mass is 79.9. The highest BCUT2D eigenvalue weighted by Crippen LogP contribution is 2.33. The molecule has 102 valence electrons. The predicted octanol–water partition coefficient (Wildman–Crippen LogP) is 4.07. The van der Waals surface area contributed by atoms with Crippen molar-refractivity contribution in [3.8, 4) is 0 Å². The van der Waals surface area contributed by atoms with Crippen molar-refractivity contribution in [1.82, 2.24) is 9.55 Å². The van der Waals surface area contributed by atoms with Gasteiger partial charge in [-0.25, -0.2) is 9.37 Å². The Labute approximate surface area is 119 Å². The van der Waals surface area contributed by atoms with Crippen LogP contribution >= 0.6 is 15.9 Å². The van der Waals surface area contributed by atoms with Crippen LogP contribution in [0.4, 0.5) is 4.39 Å². The van der Waals surface area contributed by atoms with Gasteiger partial charge in [0.15, 0.2) is 0 Å². The SMILES string of the molecule is CO[C@H]1CCC[C@H](n2cnc3cc(Br)cc(F)c32)C1. The highest BCUT2D eigenvalue weighted by molar-refractivity contribution is 9.10. The Morgan fingerprint density at radius 3 is 3.05 bits per heavy atom. The van der Waals surface area contributed by atoms with Crippen LogP contribution in [0.15, 0.2) is 22.9 Å². The molecule has 0 aliphatic heterocycles. The normalized spacial score (nSPS) is 23.9. The molecule has 0 amide bonds. The zero-order valence-corrected chi connectivity index (χ0v) is 12.4. The molecule has 0 N–H and O–H groups in total. The summed E-state index contributed by atoms with van der Waals surface area (Å²) >= 11 is 3.30. The molecule has 3 rings (SSSR count). The molecule has 5 heteroatoms. The van der Waals surface area contributed by atoms with E-state index >= 15 is 0 Å². The van der Waals surface area contributed by atoms with Crippen molar-refractivity contribution >= 4 is 27.0 Å². The van der Waals surface area contributed by atoms with Crippen LogP contribution in [0.3, 0.4) is 0 Å². The predicted molar refractivity (Wildman–Crippen MR) is 75.7 cm³/mol. The fraction of sp³-hybridized carbons (Fsp3) is 0.500. The van der Waals surface area contributed by atoms with Gasteiger partial charge in [0.05, 0.1) is 17.9 Å². The van der Waals surface area contributed by atoms with Crippen molar-refractivity contribution in [3.63, 3.8) is 0 Å². The molecule has 1 fully saturated rings. The van der Waals surface area contributed by atoms with Crippen molar-refractivity contribution in [2.75, 3.05) is 7.11 Å². The lowest BCUT2D eigenvalue weighted by molar-refractivity contribution is 0.0536. The molecule has 0 saturated heterocycles. The third-order valence-corrected chi connectivity index (χ3v) is 4.37. The Bertz CT molecular complexity index is 598. The van der Waals surface area contributed by atoms with E-state index in [0.717, 1.165) is 30.2 Å². The summed E-state index contributed by atoms with van der Waals surface area (Å²) in [6, 6.07) is 3.63. The summed E-state index contributed by atoms with van der Waals surface area (Å²) in [6.45, 7) is 0. The quantitative estimate of drug-likeness (QED) is 0.831. The Kier molecular flexibility index (Phi) is 3.58. The molecule has 0 unspecified atom stereocenters. The summed E-state index contributed by atoms with van der Waals surface area (Å²) in [7, 11) is 1.75. The van der Waals surface area contributed by atoms with Crippen LogP contribution in [0.5, 0.6) is 0 Å². The zero-order valence-electron chi connectivity index (χ0n) is 10.8. The molecule has 2 aromatic rings. The summed E-state index contributed by atoms with van der Waals surface area (Å²) in [5.74, 6) is -0.221. The minimum absolute atomic E-state index is 0.221. The topological polar surface area (TPSA) is 27.1 Å². The van der Waals surface area contributed by atoms with Gasteiger partial charge in [-0.1, -0.05) is 15.9 Å². The fourth-order valence-corrected chi connectivity index (χ4v) is 3.37. The summed E-state index contributed by atoms with van der Waals surface area (Å²) in [6.07, 6.45) is 6.21. The standard InChI is InChI=1S/C14H16BrFN2O/c1-19-11-4-2-3-10(7-11)18-8-17-13-6-9(15)5-12(16)14(13)18/h5-6,8,10-11H,2-4,7H2,1H3/t10-,11-/m0/s1. The number of nitrogens with zero attached hydrogens (tertiary/aromatic N) is 2. The van der Waals surface area contributed by atoms with E-state index < -0.39 is 0 Å². The molecule has 0 radical (unpaired) electrons. The van der Waals surface area contributed by atoms with E-state index in [9.17, 15) is 4.39 Å². The van der Waals surface area contributed by atoms with Crippen LogP contribution in [0.25, 0.3) is 11.0 Å². The van der Waals surface area contributed by atoms with Gasteiger partial charge in [0.2, 0.25) is 0 Å². The van der Waals surface area contributed by atoms with E-state index in [1.165, 1.54) is 6.07 Å². The lowest BCUT2D eigenvalue weighted by Gasteiger charge is -2.29. The van der Waals surface area contributed by atoms with Gasteiger partial charge < -0.3 is 9.30 Å². The van der Waals surface area contributed by atoms with Gasteiger partial charge in [0.25, 0.3) is 0 Å². The average molecular weight is 327 g/mol. The van der Waals surface area contributed by atoms with Crippen molar-refractivity contribution in [3.05, 3.63) is 28.7 Å². The smallest absolute Gasteiger partial charge is 0.150 e. The average Bonchev–Trinajstić information content (AvgIpc) is 2.82. The molecule has 1 saturated carbocycles. The third-order valence-electron chi connectivity index (χ3n) is 3.91. The second-order valence-corrected chi connectivity index (χ2v) is 6.00. The van der Waals surface area contributed by atoms with Crippen LogP contribution in [0, 0.1) is 5.82 Å². The van der Waals surface area contributed by atoms with Gasteiger partial charge in [0, 0.05) is 17.6 Å². The maximum Gasteiger partial charge on any atom is 0.150 e. The second kappa shape index (κ2) is 5.21. The van der Waals surface area contributed by atoms with Crippen molar-refractivity contribution in [1.29, 1.82) is 0 Å². The molecule has 1 aliphatic rings. The van der Waals surface area contributed by atoms with E-state index in [2.05, 4.69) is 20.9 Å². The fourth-order valence-electron chi connectivity index (χ4n) is 2.95. The molecular formula is C14H16BrFN2O. The van der Waals surface area contributed by atoms with Gasteiger partial charge in [-0.05, 0) is 37.8 Å². The molecule has 3 nitrogen and oxygen atoms in total. The largest absolute Gasteiger partial charge is 0.381 e. The first-order chi connectivity index (χ1) is 9.19. The molecule has 0 spiro atoms. The summed E-state index contributed by atoms with van der Waals surface area (Å²) in [5, 5.41) is 0. The van der Waals surface area contributed by atoms with E-state index in [1.54, 1.807) is 13.4 Å². The second-order valence-electron chi connectivity index (χ2n) is 5.09. The van der Waals surface area contributed by atoms with Crippen molar-refractivity contribution in [2.24, 2.45) is 0 Å². The summed E-state index contributed by atoms with van der Waals surface area (Å²) < 4.78 is 22.3. The molecule has 0 bridgehead atoms. The van der Waals surface area contributed by atoms with Crippen LogP contribution in [0.2, 0.25) is 0 Å². The van der Waals surface area contributed by atoms with Gasteiger partial charge in [-0.3, -0.25) is 0 Å². The minimum atomic E-state index is -0.221. The maximum atomic E-state index is 14.2. The van der Waals surface area contributed by atoms with Crippen molar-refractivity contribution < 1.29 is 9.13 Å². The lowest BCUT2D eigenvalue weighted by Crippen LogP contribution is -2.23. The van der Waals surface area contributed by atoms with Crippen LogP contribution in [-0.4, -0.2) is 22.8 Å². The Morgan fingerprint density at radius 1 is 1.42 bits per heavy atom. The first-order valence-electron chi connectivity index (χ1n) is 6.53. The number of fused-ring (bicyclic) bond motifs is 1. The monoisotopic (exact) mass is 326 g/mol. The van der Waals surface area contributed by atoms with Crippen LogP contribution < -0.4 is 0 Å². The molecule has 1 heterocycles. The molecule has 1 aromatic heterocycles. The van der Waals surface area contributed by atoms with E-state index in [-0.39, 0.29) is 18.0 Å². The van der Waals surface area contributed by atoms with Gasteiger partial charge in [-0.15, -0.1) is 0 Å². The number of methoxy groups -OCH3 is 1. The lowest BCUT2D eigenvalue weighted by atomic mass is 9.92. The number of ether oxygens (including phenoxy) is 1. The number of aromatic nitrogens is 2. The Balaban J connectivity index is 2.01. The third kappa shape index (κ3) is 2.41. The molecular weight excluding hydrogens is 311 g/mol. The minimum Gasteiger partial charge on any atom is -0.381 e. The first kappa shape index (κ1) is 13.1. The maximum absolute atomic E-state index is 14.2. The molecule has 19 heavy (non-hydrogen) atoms. The number of rotatable bonds is 2. The first-order valence-corrected chi connectivity index (χ1v) is 7.32. The van der Waals surface area contributed by atoms with E-state index in [4.69, 9.17) is 4.74 Å². The number of imidazole rings is 1. The molecule has 1 aromatic carbocycles. The zero-order chi connectivity index (χ0) is 13.4. The van der Waals surface area contributed by atoms with Crippen LogP contribution in [-0.2, 0) is 4.74 Å².